The van der Waals surface area contributed by atoms with Crippen molar-refractivity contribution in [3.05, 3.63) is 224 Å². The van der Waals surface area contributed by atoms with Gasteiger partial charge in [-0.2, -0.15) is 0 Å². The third kappa shape index (κ3) is 7.76. The molecular weight excluding hydrogens is 731 g/mol. The maximum Gasteiger partial charge on any atom is 0.160 e. The molecule has 7 aromatic carbocycles. The average molecular weight is 768 g/mol. The summed E-state index contributed by atoms with van der Waals surface area (Å²) in [6.45, 7) is 0. The summed E-state index contributed by atoms with van der Waals surface area (Å²) in [5.41, 5.74) is 14.8. The summed E-state index contributed by atoms with van der Waals surface area (Å²) in [6, 6.07) is 76.7. The van der Waals surface area contributed by atoms with Crippen LogP contribution in [0, 0.1) is 0 Å². The van der Waals surface area contributed by atoms with Crippen LogP contribution in [-0.2, 0) is 0 Å². The van der Waals surface area contributed by atoms with Gasteiger partial charge in [-0.05, 0) is 53.6 Å². The summed E-state index contributed by atoms with van der Waals surface area (Å²) in [7, 11) is 0. The van der Waals surface area contributed by atoms with Gasteiger partial charge in [-0.1, -0.05) is 182 Å². The van der Waals surface area contributed by atoms with Crippen LogP contribution < -0.4 is 0 Å². The van der Waals surface area contributed by atoms with Gasteiger partial charge in [-0.25, -0.2) is 24.9 Å². The summed E-state index contributed by atoms with van der Waals surface area (Å²) in [5.74, 6) is 1.17. The zero-order valence-corrected chi connectivity index (χ0v) is 32.6. The molecule has 0 saturated carbocycles. The molecule has 0 bridgehead atoms. The van der Waals surface area contributed by atoms with Crippen molar-refractivity contribution in [3.63, 3.8) is 0 Å². The zero-order valence-electron chi connectivity index (χ0n) is 32.6. The fourth-order valence-corrected chi connectivity index (χ4v) is 7.45. The Hall–Kier alpha value is -8.15. The van der Waals surface area contributed by atoms with Crippen LogP contribution in [0.2, 0.25) is 0 Å². The van der Waals surface area contributed by atoms with Crippen molar-refractivity contribution in [2.24, 2.45) is 0 Å². The van der Waals surface area contributed by atoms with Crippen molar-refractivity contribution >= 4 is 0 Å². The van der Waals surface area contributed by atoms with Gasteiger partial charge in [0.15, 0.2) is 11.6 Å². The lowest BCUT2D eigenvalue weighted by molar-refractivity contribution is 1.17. The van der Waals surface area contributed by atoms with Gasteiger partial charge in [0.25, 0.3) is 0 Å². The van der Waals surface area contributed by atoms with Gasteiger partial charge in [0.2, 0.25) is 0 Å². The molecule has 0 radical (unpaired) electrons. The van der Waals surface area contributed by atoms with Gasteiger partial charge in [0.1, 0.15) is 0 Å². The van der Waals surface area contributed by atoms with Crippen LogP contribution in [0.15, 0.2) is 224 Å². The highest BCUT2D eigenvalue weighted by Gasteiger charge is 2.18. The first-order valence-electron chi connectivity index (χ1n) is 20.0. The van der Waals surface area contributed by atoms with Crippen molar-refractivity contribution in [1.82, 2.24) is 24.9 Å². The monoisotopic (exact) mass is 767 g/mol. The molecule has 0 aliphatic rings. The molecule has 0 saturated heterocycles. The third-order valence-electron chi connectivity index (χ3n) is 10.5. The highest BCUT2D eigenvalue weighted by Crippen LogP contribution is 2.37. The van der Waals surface area contributed by atoms with E-state index in [9.17, 15) is 0 Å². The van der Waals surface area contributed by atoms with Crippen LogP contribution in [0.5, 0.6) is 0 Å². The Kier molecular flexibility index (Phi) is 9.88. The molecule has 0 N–H and O–H groups in total. The number of benzene rings is 7. The van der Waals surface area contributed by atoms with E-state index in [1.165, 1.54) is 0 Å². The van der Waals surface area contributed by atoms with Gasteiger partial charge >= 0.3 is 0 Å². The lowest BCUT2D eigenvalue weighted by atomic mass is 9.97. The maximum atomic E-state index is 5.35. The van der Waals surface area contributed by atoms with Gasteiger partial charge < -0.3 is 0 Å². The summed E-state index contributed by atoms with van der Waals surface area (Å²) < 4.78 is 0. The largest absolute Gasteiger partial charge is 0.248 e. The minimum Gasteiger partial charge on any atom is -0.248 e. The standard InChI is InChI=1S/C55H37N5/c1-7-19-38(20-8-1)44-34-48(39-21-9-2-10-22-39)56-49(35-44)45-31-46(54-57-50(40-23-11-3-12-24-40)36-51(58-54)41-25-13-4-14-26-41)33-47(32-45)55-59-52(42-27-15-5-16-28-42)37-53(60-55)43-29-17-6-18-30-43/h1-37H. The van der Waals surface area contributed by atoms with E-state index >= 15 is 0 Å². The maximum absolute atomic E-state index is 5.35. The number of hydrogen-bond acceptors (Lipinski definition) is 5. The molecule has 0 fully saturated rings. The second kappa shape index (κ2) is 16.4. The number of hydrogen-bond donors (Lipinski definition) is 0. The van der Waals surface area contributed by atoms with Crippen LogP contribution >= 0.6 is 0 Å². The van der Waals surface area contributed by atoms with Crippen LogP contribution in [0.25, 0.3) is 101 Å². The molecule has 0 aliphatic carbocycles. The van der Waals surface area contributed by atoms with Crippen molar-refractivity contribution in [3.8, 4) is 101 Å². The Bertz CT molecular complexity index is 2530. The first-order chi connectivity index (χ1) is 29.7. The minimum atomic E-state index is 0.586. The van der Waals surface area contributed by atoms with Crippen molar-refractivity contribution in [2.75, 3.05) is 0 Å². The first kappa shape index (κ1) is 36.2. The predicted octanol–water partition coefficient (Wildman–Crippen LogP) is 13.7. The lowest BCUT2D eigenvalue weighted by Crippen LogP contribution is -1.99. The fraction of sp³-hybridized carbons (Fsp3) is 0. The van der Waals surface area contributed by atoms with Crippen LogP contribution in [0.1, 0.15) is 0 Å². The molecule has 0 spiro atoms. The number of rotatable bonds is 9. The van der Waals surface area contributed by atoms with Crippen molar-refractivity contribution in [2.45, 2.75) is 0 Å². The number of aromatic nitrogens is 5. The Balaban J connectivity index is 1.24. The smallest absolute Gasteiger partial charge is 0.160 e. The van der Waals surface area contributed by atoms with Gasteiger partial charge in [-0.3, -0.25) is 0 Å². The third-order valence-corrected chi connectivity index (χ3v) is 10.5. The molecule has 5 nitrogen and oxygen atoms in total. The Morgan fingerprint density at radius 1 is 0.167 bits per heavy atom. The van der Waals surface area contributed by atoms with Gasteiger partial charge in [0, 0.05) is 44.5 Å². The highest BCUT2D eigenvalue weighted by molar-refractivity contribution is 5.83. The molecule has 3 aromatic heterocycles. The SMILES string of the molecule is c1ccc(-c2cc(-c3ccccc3)nc(-c3cc(-c4nc(-c5ccccc5)cc(-c5ccccc5)n4)cc(-c4nc(-c5ccccc5)cc(-c5ccccc5)n4)c3)c2)cc1. The zero-order chi connectivity index (χ0) is 40.1. The molecule has 0 unspecified atom stereocenters. The molecule has 3 heterocycles. The van der Waals surface area contributed by atoms with E-state index in [0.717, 1.165) is 89.8 Å². The Morgan fingerprint density at radius 2 is 0.417 bits per heavy atom. The molecule has 10 aromatic rings. The molecule has 0 amide bonds. The van der Waals surface area contributed by atoms with E-state index in [2.05, 4.69) is 127 Å². The van der Waals surface area contributed by atoms with E-state index in [-0.39, 0.29) is 0 Å². The number of nitrogens with zero attached hydrogens (tertiary/aromatic N) is 5. The van der Waals surface area contributed by atoms with E-state index in [4.69, 9.17) is 24.9 Å². The lowest BCUT2D eigenvalue weighted by Gasteiger charge is -2.15. The van der Waals surface area contributed by atoms with E-state index in [1.54, 1.807) is 0 Å². The van der Waals surface area contributed by atoms with Gasteiger partial charge in [0.05, 0.1) is 34.2 Å². The summed E-state index contributed by atoms with van der Waals surface area (Å²) >= 11 is 0. The quantitative estimate of drug-likeness (QED) is 0.146. The molecular formula is C55H37N5. The Morgan fingerprint density at radius 3 is 0.733 bits per heavy atom. The van der Waals surface area contributed by atoms with Crippen molar-refractivity contribution < 1.29 is 0 Å². The second-order valence-electron chi connectivity index (χ2n) is 14.5. The molecule has 10 rings (SSSR count). The molecule has 5 heteroatoms. The Labute approximate surface area is 349 Å². The minimum absolute atomic E-state index is 0.586. The summed E-state index contributed by atoms with van der Waals surface area (Å²) in [5, 5.41) is 0. The van der Waals surface area contributed by atoms with Gasteiger partial charge in [-0.15, -0.1) is 0 Å². The number of pyridine rings is 1. The molecule has 60 heavy (non-hydrogen) atoms. The molecule has 0 atom stereocenters. The predicted molar refractivity (Wildman–Crippen MR) is 244 cm³/mol. The summed E-state index contributed by atoms with van der Waals surface area (Å²) in [4.78, 5) is 26.4. The van der Waals surface area contributed by atoms with Crippen molar-refractivity contribution in [1.29, 1.82) is 0 Å². The molecule has 282 valence electrons. The fourth-order valence-electron chi connectivity index (χ4n) is 7.45. The van der Waals surface area contributed by atoms with E-state index in [0.29, 0.717) is 11.6 Å². The summed E-state index contributed by atoms with van der Waals surface area (Å²) in [6.07, 6.45) is 0. The topological polar surface area (TPSA) is 64.5 Å². The first-order valence-corrected chi connectivity index (χ1v) is 20.0. The second-order valence-corrected chi connectivity index (χ2v) is 14.5. The van der Waals surface area contributed by atoms with Crippen LogP contribution in [0.3, 0.4) is 0 Å². The normalized spacial score (nSPS) is 11.0. The van der Waals surface area contributed by atoms with Crippen LogP contribution in [0.4, 0.5) is 0 Å². The van der Waals surface area contributed by atoms with Crippen LogP contribution in [-0.4, -0.2) is 24.9 Å². The van der Waals surface area contributed by atoms with E-state index in [1.807, 2.05) is 97.1 Å². The highest BCUT2D eigenvalue weighted by atomic mass is 14.9. The molecule has 0 aliphatic heterocycles. The van der Waals surface area contributed by atoms with E-state index < -0.39 is 0 Å². The average Bonchev–Trinajstić information content (AvgIpc) is 3.35.